The molecule has 0 fully saturated rings. The number of amides is 1. The van der Waals surface area contributed by atoms with E-state index in [1.807, 2.05) is 31.2 Å². The van der Waals surface area contributed by atoms with Crippen LogP contribution in [0.4, 0.5) is 5.69 Å². The number of hydrogen-bond acceptors (Lipinski definition) is 2. The van der Waals surface area contributed by atoms with Crippen molar-refractivity contribution in [1.29, 1.82) is 0 Å². The first-order valence-corrected chi connectivity index (χ1v) is 4.43. The predicted molar refractivity (Wildman–Crippen MR) is 54.0 cm³/mol. The first-order valence-electron chi connectivity index (χ1n) is 4.43. The molecule has 1 heterocycles. The minimum atomic E-state index is -0.00509. The van der Waals surface area contributed by atoms with Crippen LogP contribution in [-0.2, 0) is 4.79 Å². The molecule has 14 heavy (non-hydrogen) atoms. The Bertz CT molecular complexity index is 410. The number of allylic oxidation sites excluding steroid dienone is 1. The van der Waals surface area contributed by atoms with Gasteiger partial charge in [0.05, 0.1) is 11.4 Å². The number of hydrogen-bond donors (Lipinski definition) is 0. The Morgan fingerprint density at radius 2 is 2.07 bits per heavy atom. The molecule has 2 rings (SSSR count). The van der Waals surface area contributed by atoms with Gasteiger partial charge in [-0.15, -0.1) is 0 Å². The molecule has 0 bridgehead atoms. The molecule has 3 nitrogen and oxygen atoms in total. The number of para-hydroxylation sites is 2. The van der Waals surface area contributed by atoms with E-state index in [9.17, 15) is 4.79 Å². The zero-order valence-corrected chi connectivity index (χ0v) is 8.15. The molecule has 0 aromatic heterocycles. The number of carbonyl (C=O) groups excluding carboxylic acids is 1. The monoisotopic (exact) mass is 189 g/mol. The van der Waals surface area contributed by atoms with E-state index >= 15 is 0 Å². The third-order valence-corrected chi connectivity index (χ3v) is 2.13. The summed E-state index contributed by atoms with van der Waals surface area (Å²) in [5.74, 6) is 0.711. The fourth-order valence-corrected chi connectivity index (χ4v) is 1.55. The van der Waals surface area contributed by atoms with Crippen LogP contribution in [0.3, 0.4) is 0 Å². The van der Waals surface area contributed by atoms with E-state index in [2.05, 4.69) is 0 Å². The molecule has 0 atom stereocenters. The lowest BCUT2D eigenvalue weighted by molar-refractivity contribution is -0.116. The Morgan fingerprint density at radius 3 is 2.79 bits per heavy atom. The van der Waals surface area contributed by atoms with Gasteiger partial charge in [0.25, 0.3) is 0 Å². The van der Waals surface area contributed by atoms with Gasteiger partial charge in [0.15, 0.2) is 5.75 Å². The van der Waals surface area contributed by atoms with E-state index in [-0.39, 0.29) is 5.91 Å². The number of nitrogens with zero attached hydrogens (tertiary/aromatic N) is 1. The molecule has 1 aliphatic heterocycles. The zero-order valence-electron chi connectivity index (χ0n) is 8.15. The van der Waals surface area contributed by atoms with Gasteiger partial charge in [-0.2, -0.15) is 0 Å². The fraction of sp³-hybridized carbons (Fsp3) is 0.182. The summed E-state index contributed by atoms with van der Waals surface area (Å²) in [5, 5.41) is 0. The summed E-state index contributed by atoms with van der Waals surface area (Å²) >= 11 is 0. The average molecular weight is 189 g/mol. The van der Waals surface area contributed by atoms with E-state index in [4.69, 9.17) is 4.74 Å². The smallest absolute Gasteiger partial charge is 0.228 e. The van der Waals surface area contributed by atoms with Crippen LogP contribution >= 0.6 is 0 Å². The Morgan fingerprint density at radius 1 is 1.36 bits per heavy atom. The number of carbonyl (C=O) groups is 1. The highest BCUT2D eigenvalue weighted by atomic mass is 16.5. The van der Waals surface area contributed by atoms with Gasteiger partial charge in [0.2, 0.25) is 5.91 Å². The van der Waals surface area contributed by atoms with Crippen molar-refractivity contribution in [1.82, 2.24) is 0 Å². The van der Waals surface area contributed by atoms with Crippen LogP contribution in [0.2, 0.25) is 0 Å². The zero-order chi connectivity index (χ0) is 10.1. The summed E-state index contributed by atoms with van der Waals surface area (Å²) in [6.07, 6.45) is 1.59. The van der Waals surface area contributed by atoms with Gasteiger partial charge in [0, 0.05) is 6.92 Å². The van der Waals surface area contributed by atoms with Crippen LogP contribution in [0.5, 0.6) is 5.75 Å². The molecule has 3 heteroatoms. The second kappa shape index (κ2) is 3.18. The van der Waals surface area contributed by atoms with Crippen LogP contribution in [0.1, 0.15) is 13.8 Å². The van der Waals surface area contributed by atoms with Crippen LogP contribution < -0.4 is 9.64 Å². The Hall–Kier alpha value is -1.77. The second-order valence-electron chi connectivity index (χ2n) is 3.20. The molecular weight excluding hydrogens is 178 g/mol. The quantitative estimate of drug-likeness (QED) is 0.626. The average Bonchev–Trinajstić information content (AvgIpc) is 2.17. The highest BCUT2D eigenvalue weighted by Crippen LogP contribution is 2.34. The summed E-state index contributed by atoms with van der Waals surface area (Å²) < 4.78 is 5.36. The highest BCUT2D eigenvalue weighted by Gasteiger charge is 2.21. The normalized spacial score (nSPS) is 14.1. The van der Waals surface area contributed by atoms with Gasteiger partial charge in [0.1, 0.15) is 6.26 Å². The van der Waals surface area contributed by atoms with Crippen molar-refractivity contribution < 1.29 is 9.53 Å². The van der Waals surface area contributed by atoms with E-state index in [0.29, 0.717) is 5.75 Å². The van der Waals surface area contributed by atoms with Crippen molar-refractivity contribution in [2.45, 2.75) is 13.8 Å². The van der Waals surface area contributed by atoms with Gasteiger partial charge in [-0.05, 0) is 19.1 Å². The minimum Gasteiger partial charge on any atom is -0.461 e. The largest absolute Gasteiger partial charge is 0.461 e. The molecule has 1 aliphatic rings. The molecule has 0 aliphatic carbocycles. The standard InChI is InChI=1S/C11H11NO2/c1-8-7-14-11-6-4-3-5-10(11)12(8)9(2)13/h3-7H,1-2H3. The SMILES string of the molecule is CC(=O)N1C(C)=COc2ccccc21. The summed E-state index contributed by atoms with van der Waals surface area (Å²) in [7, 11) is 0. The molecule has 0 unspecified atom stereocenters. The topological polar surface area (TPSA) is 29.5 Å². The fourth-order valence-electron chi connectivity index (χ4n) is 1.55. The number of fused-ring (bicyclic) bond motifs is 1. The van der Waals surface area contributed by atoms with Crippen molar-refractivity contribution in [3.05, 3.63) is 36.2 Å². The van der Waals surface area contributed by atoms with Crippen molar-refractivity contribution >= 4 is 11.6 Å². The van der Waals surface area contributed by atoms with Crippen molar-refractivity contribution in [3.8, 4) is 5.75 Å². The first-order chi connectivity index (χ1) is 6.70. The molecule has 1 aromatic rings. The van der Waals surface area contributed by atoms with Gasteiger partial charge in [-0.1, -0.05) is 12.1 Å². The molecular formula is C11H11NO2. The highest BCUT2D eigenvalue weighted by molar-refractivity contribution is 5.96. The molecule has 72 valence electrons. The third-order valence-electron chi connectivity index (χ3n) is 2.13. The van der Waals surface area contributed by atoms with Gasteiger partial charge in [-0.3, -0.25) is 9.69 Å². The molecule has 1 amide bonds. The third kappa shape index (κ3) is 1.27. The molecule has 0 saturated carbocycles. The first kappa shape index (κ1) is 8.81. The van der Waals surface area contributed by atoms with Crippen LogP contribution in [0.15, 0.2) is 36.2 Å². The van der Waals surface area contributed by atoms with Gasteiger partial charge >= 0.3 is 0 Å². The molecule has 1 aromatic carbocycles. The maximum absolute atomic E-state index is 11.4. The number of rotatable bonds is 0. The Labute approximate surface area is 82.6 Å². The van der Waals surface area contributed by atoms with E-state index in [1.54, 1.807) is 18.1 Å². The molecule has 0 radical (unpaired) electrons. The van der Waals surface area contributed by atoms with Crippen LogP contribution in [0.25, 0.3) is 0 Å². The van der Waals surface area contributed by atoms with Crippen LogP contribution in [-0.4, -0.2) is 5.91 Å². The Balaban J connectivity index is 2.53. The summed E-state index contributed by atoms with van der Waals surface area (Å²) in [6.45, 7) is 3.39. The lowest BCUT2D eigenvalue weighted by atomic mass is 10.2. The maximum atomic E-state index is 11.4. The van der Waals surface area contributed by atoms with E-state index in [1.165, 1.54) is 0 Å². The minimum absolute atomic E-state index is 0.00509. The van der Waals surface area contributed by atoms with Crippen LogP contribution in [0, 0.1) is 0 Å². The van der Waals surface area contributed by atoms with Crippen molar-refractivity contribution in [3.63, 3.8) is 0 Å². The summed E-state index contributed by atoms with van der Waals surface area (Å²) in [4.78, 5) is 13.0. The van der Waals surface area contributed by atoms with E-state index in [0.717, 1.165) is 11.4 Å². The second-order valence-corrected chi connectivity index (χ2v) is 3.20. The lowest BCUT2D eigenvalue weighted by Gasteiger charge is -2.27. The van der Waals surface area contributed by atoms with Gasteiger partial charge < -0.3 is 4.74 Å². The van der Waals surface area contributed by atoms with Crippen molar-refractivity contribution in [2.75, 3.05) is 4.90 Å². The predicted octanol–water partition coefficient (Wildman–Crippen LogP) is 2.29. The lowest BCUT2D eigenvalue weighted by Crippen LogP contribution is -2.29. The summed E-state index contributed by atoms with van der Waals surface area (Å²) in [6, 6.07) is 7.48. The molecule has 0 spiro atoms. The van der Waals surface area contributed by atoms with Gasteiger partial charge in [-0.25, -0.2) is 0 Å². The molecule has 0 saturated heterocycles. The van der Waals surface area contributed by atoms with E-state index < -0.39 is 0 Å². The maximum Gasteiger partial charge on any atom is 0.228 e. The number of ether oxygens (including phenoxy) is 1. The number of anilines is 1. The Kier molecular flexibility index (Phi) is 2.00. The summed E-state index contributed by atoms with van der Waals surface area (Å²) in [5.41, 5.74) is 1.61. The van der Waals surface area contributed by atoms with Crippen molar-refractivity contribution in [2.24, 2.45) is 0 Å². The number of benzene rings is 1. The molecule has 0 N–H and O–H groups in total.